The third kappa shape index (κ3) is 7.21. The fourth-order valence-electron chi connectivity index (χ4n) is 3.17. The first kappa shape index (κ1) is 23.5. The molecule has 0 amide bonds. The Hall–Kier alpha value is -0.130. The molecule has 3 aliphatic heterocycles. The fraction of sp³-hybridized carbons (Fsp3) is 1.00. The van der Waals surface area contributed by atoms with Crippen molar-refractivity contribution in [2.45, 2.75) is 77.2 Å². The third-order valence-corrected chi connectivity index (χ3v) is 5.85. The zero-order valence-corrected chi connectivity index (χ0v) is 18.9. The number of ether oxygens (including phenoxy) is 6. The Balaban J connectivity index is 1.53. The van der Waals surface area contributed by atoms with Gasteiger partial charge in [-0.2, -0.15) is 0 Å². The van der Waals surface area contributed by atoms with Crippen molar-refractivity contribution in [1.29, 1.82) is 0 Å². The average molecular weight is 440 g/mol. The summed E-state index contributed by atoms with van der Waals surface area (Å²) >= 11 is 0. The van der Waals surface area contributed by atoms with Crippen molar-refractivity contribution in [2.24, 2.45) is 0 Å². The standard InChI is InChI=1S/C18H33O10P/c1-16(2)20-7-13(26-16)10-23-29(19,24-11-14-8-21-17(3,4)27-14)25-12-15-9-22-18(5,6)28-15/h13-15H,7-12H2,1-6H3. The van der Waals surface area contributed by atoms with Gasteiger partial charge in [-0.05, 0) is 41.5 Å². The van der Waals surface area contributed by atoms with E-state index in [9.17, 15) is 4.57 Å². The molecule has 10 nitrogen and oxygen atoms in total. The molecule has 0 aliphatic carbocycles. The number of phosphoric acid groups is 1. The minimum atomic E-state index is -3.91. The Morgan fingerprint density at radius 2 is 0.931 bits per heavy atom. The van der Waals surface area contributed by atoms with Gasteiger partial charge in [0.1, 0.15) is 18.3 Å². The van der Waals surface area contributed by atoms with Gasteiger partial charge >= 0.3 is 7.82 Å². The second-order valence-electron chi connectivity index (χ2n) is 8.69. The van der Waals surface area contributed by atoms with Crippen molar-refractivity contribution in [2.75, 3.05) is 39.6 Å². The first-order chi connectivity index (χ1) is 13.4. The third-order valence-electron chi connectivity index (χ3n) is 4.46. The molecule has 0 aromatic carbocycles. The molecule has 3 fully saturated rings. The van der Waals surface area contributed by atoms with Gasteiger partial charge in [-0.15, -0.1) is 0 Å². The average Bonchev–Trinajstić information content (AvgIpc) is 3.26. The van der Waals surface area contributed by atoms with Crippen molar-refractivity contribution in [1.82, 2.24) is 0 Å². The fourth-order valence-corrected chi connectivity index (χ4v) is 4.44. The highest BCUT2D eigenvalue weighted by Crippen LogP contribution is 2.51. The van der Waals surface area contributed by atoms with E-state index in [1.165, 1.54) is 0 Å². The van der Waals surface area contributed by atoms with Crippen LogP contribution in [0.3, 0.4) is 0 Å². The summed E-state index contributed by atoms with van der Waals surface area (Å²) in [6.07, 6.45) is -1.12. The summed E-state index contributed by atoms with van der Waals surface area (Å²) in [4.78, 5) is 0. The molecule has 3 aliphatic rings. The maximum Gasteiger partial charge on any atom is 0.475 e. The highest BCUT2D eigenvalue weighted by Gasteiger charge is 2.40. The van der Waals surface area contributed by atoms with Crippen LogP contribution in [0.5, 0.6) is 0 Å². The summed E-state index contributed by atoms with van der Waals surface area (Å²) in [6.45, 7) is 11.8. The number of hydrogen-bond donors (Lipinski definition) is 0. The molecule has 0 saturated carbocycles. The predicted octanol–water partition coefficient (Wildman–Crippen LogP) is 2.60. The molecule has 0 aromatic heterocycles. The summed E-state index contributed by atoms with van der Waals surface area (Å²) in [6, 6.07) is 0. The summed E-state index contributed by atoms with van der Waals surface area (Å²) < 4.78 is 63.4. The quantitative estimate of drug-likeness (QED) is 0.497. The van der Waals surface area contributed by atoms with Gasteiger partial charge in [0.15, 0.2) is 17.4 Å². The molecule has 3 rings (SSSR count). The maximum absolute atomic E-state index is 13.2. The zero-order valence-electron chi connectivity index (χ0n) is 18.0. The van der Waals surface area contributed by atoms with E-state index in [2.05, 4.69) is 0 Å². The molecule has 3 heterocycles. The van der Waals surface area contributed by atoms with Crippen LogP contribution in [0.4, 0.5) is 0 Å². The van der Waals surface area contributed by atoms with Crippen molar-refractivity contribution in [3.63, 3.8) is 0 Å². The van der Waals surface area contributed by atoms with Crippen molar-refractivity contribution in [3.8, 4) is 0 Å². The van der Waals surface area contributed by atoms with Crippen LogP contribution in [-0.2, 0) is 46.6 Å². The maximum atomic E-state index is 13.2. The van der Waals surface area contributed by atoms with E-state index in [0.29, 0.717) is 19.8 Å². The van der Waals surface area contributed by atoms with Gasteiger partial charge in [0.25, 0.3) is 0 Å². The van der Waals surface area contributed by atoms with Crippen LogP contribution < -0.4 is 0 Å². The van der Waals surface area contributed by atoms with Gasteiger partial charge in [0.2, 0.25) is 0 Å². The van der Waals surface area contributed by atoms with E-state index in [4.69, 9.17) is 42.0 Å². The van der Waals surface area contributed by atoms with Gasteiger partial charge in [0, 0.05) is 0 Å². The molecule has 0 N–H and O–H groups in total. The number of hydrogen-bond acceptors (Lipinski definition) is 10. The molecule has 0 radical (unpaired) electrons. The Morgan fingerprint density at radius 3 is 1.14 bits per heavy atom. The van der Waals surface area contributed by atoms with E-state index >= 15 is 0 Å². The number of rotatable bonds is 9. The Morgan fingerprint density at radius 1 is 0.655 bits per heavy atom. The monoisotopic (exact) mass is 440 g/mol. The lowest BCUT2D eigenvalue weighted by molar-refractivity contribution is -0.145. The lowest BCUT2D eigenvalue weighted by Crippen LogP contribution is -2.27. The van der Waals surface area contributed by atoms with E-state index < -0.39 is 25.2 Å². The Bertz CT molecular complexity index is 527. The Labute approximate surface area is 171 Å². The SMILES string of the molecule is CC1(C)OCC(COP(=O)(OCC2COC(C)(C)O2)OCC2COC(C)(C)O2)O1. The molecular formula is C18H33O10P. The highest BCUT2D eigenvalue weighted by molar-refractivity contribution is 7.48. The first-order valence-electron chi connectivity index (χ1n) is 9.84. The van der Waals surface area contributed by atoms with E-state index in [0.717, 1.165) is 0 Å². The molecule has 29 heavy (non-hydrogen) atoms. The van der Waals surface area contributed by atoms with Crippen molar-refractivity contribution < 1.29 is 46.6 Å². The van der Waals surface area contributed by atoms with Crippen LogP contribution in [0.1, 0.15) is 41.5 Å². The molecule has 170 valence electrons. The minimum absolute atomic E-state index is 0.00173. The van der Waals surface area contributed by atoms with Crippen molar-refractivity contribution in [3.05, 3.63) is 0 Å². The van der Waals surface area contributed by atoms with Crippen LogP contribution in [0.2, 0.25) is 0 Å². The van der Waals surface area contributed by atoms with E-state index in [1.807, 2.05) is 0 Å². The van der Waals surface area contributed by atoms with Gasteiger partial charge in [0.05, 0.1) is 39.6 Å². The summed E-state index contributed by atoms with van der Waals surface area (Å²) in [5.41, 5.74) is 0. The minimum Gasteiger partial charge on any atom is -0.348 e. The summed E-state index contributed by atoms with van der Waals surface area (Å²) in [5.74, 6) is -2.12. The van der Waals surface area contributed by atoms with Crippen LogP contribution in [0, 0.1) is 0 Å². The van der Waals surface area contributed by atoms with Crippen LogP contribution in [0.25, 0.3) is 0 Å². The van der Waals surface area contributed by atoms with Crippen molar-refractivity contribution >= 4 is 7.82 Å². The first-order valence-corrected chi connectivity index (χ1v) is 11.3. The molecule has 3 saturated heterocycles. The summed E-state index contributed by atoms with van der Waals surface area (Å²) in [7, 11) is -3.91. The normalized spacial score (nSPS) is 35.0. The molecular weight excluding hydrogens is 407 g/mol. The predicted molar refractivity (Wildman–Crippen MR) is 100 cm³/mol. The molecule has 0 aromatic rings. The smallest absolute Gasteiger partial charge is 0.348 e. The van der Waals surface area contributed by atoms with Crippen LogP contribution >= 0.6 is 7.82 Å². The largest absolute Gasteiger partial charge is 0.475 e. The molecule has 3 atom stereocenters. The highest BCUT2D eigenvalue weighted by atomic mass is 31.2. The second-order valence-corrected chi connectivity index (χ2v) is 10.4. The molecule has 0 bridgehead atoms. The second kappa shape index (κ2) is 8.78. The van der Waals surface area contributed by atoms with E-state index in [1.54, 1.807) is 41.5 Å². The molecule has 0 spiro atoms. The van der Waals surface area contributed by atoms with Gasteiger partial charge in [-0.1, -0.05) is 0 Å². The van der Waals surface area contributed by atoms with Gasteiger partial charge in [-0.25, -0.2) is 4.57 Å². The van der Waals surface area contributed by atoms with Crippen LogP contribution in [0.15, 0.2) is 0 Å². The number of phosphoric ester groups is 1. The summed E-state index contributed by atoms with van der Waals surface area (Å²) in [5, 5.41) is 0. The topological polar surface area (TPSA) is 100 Å². The lowest BCUT2D eigenvalue weighted by Gasteiger charge is -2.23. The zero-order chi connectivity index (χ0) is 21.3. The van der Waals surface area contributed by atoms with Gasteiger partial charge < -0.3 is 28.4 Å². The van der Waals surface area contributed by atoms with Gasteiger partial charge in [-0.3, -0.25) is 13.6 Å². The molecule has 11 heteroatoms. The Kier molecular flexibility index (Phi) is 7.13. The lowest BCUT2D eigenvalue weighted by atomic mass is 10.4. The van der Waals surface area contributed by atoms with E-state index in [-0.39, 0.29) is 38.1 Å². The van der Waals surface area contributed by atoms with Crippen LogP contribution in [-0.4, -0.2) is 75.3 Å². The molecule has 3 unspecified atom stereocenters.